The highest BCUT2D eigenvalue weighted by molar-refractivity contribution is 14.1. The molecule has 3 aromatic carbocycles. The van der Waals surface area contributed by atoms with Gasteiger partial charge in [-0.1, -0.05) is 36.4 Å². The van der Waals surface area contributed by atoms with Gasteiger partial charge in [-0.05, 0) is 58.5 Å². The number of amides is 1. The highest BCUT2D eigenvalue weighted by atomic mass is 127. The molecule has 33 heavy (non-hydrogen) atoms. The Bertz CT molecular complexity index is 1280. The van der Waals surface area contributed by atoms with Crippen LogP contribution in [-0.2, 0) is 21.2 Å². The lowest BCUT2D eigenvalue weighted by Crippen LogP contribution is -2.42. The van der Waals surface area contributed by atoms with Crippen LogP contribution in [0.3, 0.4) is 0 Å². The Kier molecular flexibility index (Phi) is 7.64. The maximum Gasteiger partial charge on any atom is 0.326 e. The Labute approximate surface area is 202 Å². The minimum absolute atomic E-state index is 0.00617. The minimum atomic E-state index is -4.74. The average molecular weight is 586 g/mol. The van der Waals surface area contributed by atoms with E-state index in [0.717, 1.165) is 18.2 Å². The first-order chi connectivity index (χ1) is 15.6. The third-order valence-corrected chi connectivity index (χ3v) is 6.63. The molecule has 0 fully saturated rings. The number of hydrogen-bond acceptors (Lipinski definition) is 4. The van der Waals surface area contributed by atoms with Gasteiger partial charge in [0.2, 0.25) is 0 Å². The van der Waals surface area contributed by atoms with Crippen molar-refractivity contribution in [3.05, 3.63) is 93.1 Å². The molecule has 11 heteroatoms. The van der Waals surface area contributed by atoms with E-state index in [2.05, 4.69) is 5.32 Å². The Morgan fingerprint density at radius 1 is 0.970 bits per heavy atom. The molecule has 0 saturated carbocycles. The van der Waals surface area contributed by atoms with Gasteiger partial charge in [0.05, 0.1) is 11.3 Å². The third-order valence-electron chi connectivity index (χ3n) is 4.54. The van der Waals surface area contributed by atoms with E-state index in [4.69, 9.17) is 0 Å². The predicted molar refractivity (Wildman–Crippen MR) is 125 cm³/mol. The molecule has 0 heterocycles. The van der Waals surface area contributed by atoms with Gasteiger partial charge in [0.15, 0.2) is 4.90 Å². The molecule has 0 aliphatic rings. The summed E-state index contributed by atoms with van der Waals surface area (Å²) in [5, 5.41) is 11.9. The van der Waals surface area contributed by atoms with Gasteiger partial charge in [-0.3, -0.25) is 9.52 Å². The molecule has 3 N–H and O–H groups in total. The van der Waals surface area contributed by atoms with E-state index in [9.17, 15) is 31.9 Å². The summed E-state index contributed by atoms with van der Waals surface area (Å²) in [4.78, 5) is 23.4. The fourth-order valence-electron chi connectivity index (χ4n) is 3.02. The van der Waals surface area contributed by atoms with E-state index in [1.54, 1.807) is 30.3 Å². The van der Waals surface area contributed by atoms with Crippen LogP contribution in [0.4, 0.5) is 14.5 Å². The predicted octanol–water partition coefficient (Wildman–Crippen LogP) is 3.80. The number of sulfonamides is 1. The van der Waals surface area contributed by atoms with Gasteiger partial charge in [-0.2, -0.15) is 0 Å². The Hall–Kier alpha value is -3.06. The zero-order valence-corrected chi connectivity index (χ0v) is 19.7. The number of halogens is 3. The van der Waals surface area contributed by atoms with Crippen LogP contribution in [0.2, 0.25) is 0 Å². The summed E-state index contributed by atoms with van der Waals surface area (Å²) in [6, 6.07) is 14.0. The summed E-state index contributed by atoms with van der Waals surface area (Å²) in [6.07, 6.45) is -0.00617. The lowest BCUT2D eigenvalue weighted by Gasteiger charge is -2.17. The molecule has 0 aliphatic carbocycles. The summed E-state index contributed by atoms with van der Waals surface area (Å²) in [5.74, 6) is -4.75. The van der Waals surface area contributed by atoms with Crippen molar-refractivity contribution in [1.82, 2.24) is 5.32 Å². The largest absolute Gasteiger partial charge is 0.480 e. The first-order valence-corrected chi connectivity index (χ1v) is 12.0. The number of carboxylic acids is 1. The summed E-state index contributed by atoms with van der Waals surface area (Å²) in [7, 11) is -4.74. The molecule has 0 bridgehead atoms. The average Bonchev–Trinajstić information content (AvgIpc) is 2.73. The van der Waals surface area contributed by atoms with Gasteiger partial charge in [0, 0.05) is 9.99 Å². The van der Waals surface area contributed by atoms with E-state index in [1.165, 1.54) is 18.2 Å². The topological polar surface area (TPSA) is 113 Å². The molecular weight excluding hydrogens is 569 g/mol. The van der Waals surface area contributed by atoms with Crippen molar-refractivity contribution in [3.63, 3.8) is 0 Å². The van der Waals surface area contributed by atoms with Crippen LogP contribution in [0.5, 0.6) is 0 Å². The minimum Gasteiger partial charge on any atom is -0.480 e. The molecule has 0 aliphatic heterocycles. The van der Waals surface area contributed by atoms with Crippen molar-refractivity contribution >= 4 is 50.2 Å². The van der Waals surface area contributed by atoms with Crippen LogP contribution in [-0.4, -0.2) is 31.4 Å². The van der Waals surface area contributed by atoms with Crippen LogP contribution in [0.1, 0.15) is 15.9 Å². The number of carbonyl (C=O) groups is 2. The van der Waals surface area contributed by atoms with Gasteiger partial charge in [-0.15, -0.1) is 0 Å². The highest BCUT2D eigenvalue weighted by Gasteiger charge is 2.27. The van der Waals surface area contributed by atoms with E-state index >= 15 is 0 Å². The molecule has 1 amide bonds. The second-order valence-corrected chi connectivity index (χ2v) is 9.77. The zero-order chi connectivity index (χ0) is 24.2. The highest BCUT2D eigenvalue weighted by Crippen LogP contribution is 2.26. The van der Waals surface area contributed by atoms with E-state index in [1.807, 2.05) is 27.3 Å². The van der Waals surface area contributed by atoms with Gasteiger partial charge < -0.3 is 10.4 Å². The lowest BCUT2D eigenvalue weighted by atomic mass is 10.1. The van der Waals surface area contributed by atoms with E-state index < -0.39 is 44.5 Å². The molecule has 1 unspecified atom stereocenters. The first kappa shape index (κ1) is 24.6. The molecule has 172 valence electrons. The second-order valence-electron chi connectivity index (χ2n) is 6.90. The maximum atomic E-state index is 14.0. The van der Waals surface area contributed by atoms with Crippen molar-refractivity contribution in [2.24, 2.45) is 0 Å². The summed E-state index contributed by atoms with van der Waals surface area (Å²) >= 11 is 1.87. The van der Waals surface area contributed by atoms with Crippen molar-refractivity contribution in [2.75, 3.05) is 4.72 Å². The Morgan fingerprint density at radius 2 is 1.61 bits per heavy atom. The molecular formula is C22H17F2IN2O5S. The van der Waals surface area contributed by atoms with Crippen LogP contribution in [0.25, 0.3) is 0 Å². The molecule has 0 radical (unpaired) electrons. The Morgan fingerprint density at radius 3 is 2.21 bits per heavy atom. The number of rotatable bonds is 8. The lowest BCUT2D eigenvalue weighted by molar-refractivity contribution is -0.139. The van der Waals surface area contributed by atoms with Crippen LogP contribution in [0, 0.1) is 15.2 Å². The summed E-state index contributed by atoms with van der Waals surface area (Å²) < 4.78 is 56.0. The second kappa shape index (κ2) is 10.3. The standard InChI is InChI=1S/C22H17F2IN2O5S/c23-16-7-4-8-17(24)20(16)33(31,32)27-18-12-14(25)9-10-15(18)21(28)26-19(22(29)30)11-13-5-2-1-3-6-13/h1-10,12,19,27H,11H2,(H,26,28)(H,29,30). The van der Waals surface area contributed by atoms with E-state index in [-0.39, 0.29) is 17.7 Å². The maximum absolute atomic E-state index is 14.0. The monoisotopic (exact) mass is 586 g/mol. The zero-order valence-electron chi connectivity index (χ0n) is 16.8. The van der Waals surface area contributed by atoms with Crippen LogP contribution < -0.4 is 10.0 Å². The number of carbonyl (C=O) groups excluding carboxylic acids is 1. The number of anilines is 1. The number of carboxylic acid groups (broad SMARTS) is 1. The number of hydrogen-bond donors (Lipinski definition) is 3. The van der Waals surface area contributed by atoms with Crippen LogP contribution >= 0.6 is 22.6 Å². The number of nitrogens with one attached hydrogen (secondary N) is 2. The fourth-order valence-corrected chi connectivity index (χ4v) is 4.72. The number of aliphatic carboxylic acids is 1. The fraction of sp³-hybridized carbons (Fsp3) is 0.0909. The SMILES string of the molecule is O=C(NC(Cc1ccccc1)C(=O)O)c1ccc(I)cc1NS(=O)(=O)c1c(F)cccc1F. The Balaban J connectivity index is 1.91. The number of benzene rings is 3. The third kappa shape index (κ3) is 6.05. The van der Waals surface area contributed by atoms with Gasteiger partial charge in [0.1, 0.15) is 17.7 Å². The van der Waals surface area contributed by atoms with Gasteiger partial charge in [-0.25, -0.2) is 22.0 Å². The molecule has 0 spiro atoms. The molecule has 0 aromatic heterocycles. The molecule has 0 saturated heterocycles. The van der Waals surface area contributed by atoms with Gasteiger partial charge in [0.25, 0.3) is 15.9 Å². The van der Waals surface area contributed by atoms with Crippen molar-refractivity contribution in [3.8, 4) is 0 Å². The van der Waals surface area contributed by atoms with Gasteiger partial charge >= 0.3 is 5.97 Å². The first-order valence-electron chi connectivity index (χ1n) is 9.42. The van der Waals surface area contributed by atoms with Crippen molar-refractivity contribution < 1.29 is 31.9 Å². The molecule has 3 aromatic rings. The summed E-state index contributed by atoms with van der Waals surface area (Å²) in [6.45, 7) is 0. The molecule has 1 atom stereocenters. The van der Waals surface area contributed by atoms with Crippen LogP contribution in [0.15, 0.2) is 71.6 Å². The van der Waals surface area contributed by atoms with Crippen molar-refractivity contribution in [1.29, 1.82) is 0 Å². The molecule has 7 nitrogen and oxygen atoms in total. The smallest absolute Gasteiger partial charge is 0.326 e. The quantitative estimate of drug-likeness (QED) is 0.348. The van der Waals surface area contributed by atoms with Crippen molar-refractivity contribution in [2.45, 2.75) is 17.4 Å². The summed E-state index contributed by atoms with van der Waals surface area (Å²) in [5.41, 5.74) is 0.199. The normalized spacial score (nSPS) is 12.1. The molecule has 3 rings (SSSR count). The van der Waals surface area contributed by atoms with E-state index in [0.29, 0.717) is 9.13 Å².